The Hall–Kier alpha value is -2.80. The number of hydrogen-bond donors (Lipinski definition) is 0. The Morgan fingerprint density at radius 2 is 1.68 bits per heavy atom. The van der Waals surface area contributed by atoms with Gasteiger partial charge in [-0.15, -0.1) is 10.2 Å². The van der Waals surface area contributed by atoms with Crippen molar-refractivity contribution in [3.63, 3.8) is 0 Å². The highest BCUT2D eigenvalue weighted by atomic mass is 32.2. The van der Waals surface area contributed by atoms with Crippen LogP contribution in [0.5, 0.6) is 0 Å². The third-order valence-corrected chi connectivity index (χ3v) is 5.85. The summed E-state index contributed by atoms with van der Waals surface area (Å²) in [4.78, 5) is 6.91. The molecular formula is C21H21N5OS. The summed E-state index contributed by atoms with van der Waals surface area (Å²) in [6.45, 7) is 2.06. The van der Waals surface area contributed by atoms with E-state index in [2.05, 4.69) is 36.8 Å². The van der Waals surface area contributed by atoms with Gasteiger partial charge in [-0.2, -0.15) is 0 Å². The molecular weight excluding hydrogens is 370 g/mol. The van der Waals surface area contributed by atoms with Gasteiger partial charge >= 0.3 is 0 Å². The highest BCUT2D eigenvalue weighted by molar-refractivity contribution is 7.98. The topological polar surface area (TPSA) is 60.0 Å². The summed E-state index contributed by atoms with van der Waals surface area (Å²) in [5.74, 6) is 2.24. The van der Waals surface area contributed by atoms with Gasteiger partial charge in [0.2, 0.25) is 11.8 Å². The van der Waals surface area contributed by atoms with E-state index < -0.39 is 0 Å². The summed E-state index contributed by atoms with van der Waals surface area (Å²) in [6.07, 6.45) is 3.69. The molecule has 1 aliphatic rings. The molecule has 1 saturated heterocycles. The van der Waals surface area contributed by atoms with Crippen molar-refractivity contribution in [3.8, 4) is 5.69 Å². The first-order valence-corrected chi connectivity index (χ1v) is 10.6. The van der Waals surface area contributed by atoms with Crippen molar-refractivity contribution in [2.45, 2.75) is 30.2 Å². The number of benzene rings is 2. The molecule has 142 valence electrons. The number of fused-ring (bicyclic) bond motifs is 1. The van der Waals surface area contributed by atoms with E-state index in [1.54, 1.807) is 11.8 Å². The number of para-hydroxylation sites is 3. The second-order valence-corrected chi connectivity index (χ2v) is 7.81. The zero-order valence-electron chi connectivity index (χ0n) is 15.5. The van der Waals surface area contributed by atoms with E-state index in [4.69, 9.17) is 4.42 Å². The number of rotatable bonds is 5. The fourth-order valence-corrected chi connectivity index (χ4v) is 4.36. The van der Waals surface area contributed by atoms with Crippen molar-refractivity contribution < 1.29 is 4.42 Å². The monoisotopic (exact) mass is 391 g/mol. The van der Waals surface area contributed by atoms with Gasteiger partial charge < -0.3 is 9.32 Å². The molecule has 0 N–H and O–H groups in total. The Kier molecular flexibility index (Phi) is 4.74. The summed E-state index contributed by atoms with van der Waals surface area (Å²) >= 11 is 1.60. The number of hydrogen-bond acceptors (Lipinski definition) is 6. The summed E-state index contributed by atoms with van der Waals surface area (Å²) in [5, 5.41) is 9.90. The van der Waals surface area contributed by atoms with Crippen LogP contribution in [0.1, 0.15) is 25.2 Å². The lowest BCUT2D eigenvalue weighted by Crippen LogP contribution is -2.31. The average molecular weight is 392 g/mol. The first kappa shape index (κ1) is 17.3. The number of thioether (sulfide) groups is 1. The molecule has 28 heavy (non-hydrogen) atoms. The molecule has 3 heterocycles. The molecule has 7 heteroatoms. The van der Waals surface area contributed by atoms with Crippen LogP contribution in [0, 0.1) is 0 Å². The van der Waals surface area contributed by atoms with Crippen molar-refractivity contribution in [1.29, 1.82) is 0 Å². The minimum absolute atomic E-state index is 0.611. The van der Waals surface area contributed by atoms with Gasteiger partial charge in [0, 0.05) is 13.1 Å². The van der Waals surface area contributed by atoms with Gasteiger partial charge in [-0.05, 0) is 43.5 Å². The summed E-state index contributed by atoms with van der Waals surface area (Å²) in [6, 6.07) is 18.2. The quantitative estimate of drug-likeness (QED) is 0.460. The molecule has 0 spiro atoms. The van der Waals surface area contributed by atoms with Gasteiger partial charge in [0.25, 0.3) is 0 Å². The maximum Gasteiger partial charge on any atom is 0.232 e. The molecule has 2 aromatic carbocycles. The second kappa shape index (κ2) is 7.67. The van der Waals surface area contributed by atoms with Crippen molar-refractivity contribution in [1.82, 2.24) is 19.7 Å². The Morgan fingerprint density at radius 3 is 2.50 bits per heavy atom. The van der Waals surface area contributed by atoms with Crippen LogP contribution in [0.2, 0.25) is 0 Å². The van der Waals surface area contributed by atoms with Crippen molar-refractivity contribution >= 4 is 28.8 Å². The van der Waals surface area contributed by atoms with Gasteiger partial charge in [-0.3, -0.25) is 4.57 Å². The Bertz CT molecular complexity index is 1040. The third-order valence-electron chi connectivity index (χ3n) is 4.93. The van der Waals surface area contributed by atoms with Crippen LogP contribution >= 0.6 is 11.8 Å². The van der Waals surface area contributed by atoms with Crippen LogP contribution in [0.15, 0.2) is 64.2 Å². The average Bonchev–Trinajstić information content (AvgIpc) is 3.37. The lowest BCUT2D eigenvalue weighted by molar-refractivity contribution is 0.555. The second-order valence-electron chi connectivity index (χ2n) is 6.87. The van der Waals surface area contributed by atoms with E-state index in [-0.39, 0.29) is 0 Å². The van der Waals surface area contributed by atoms with E-state index in [9.17, 15) is 0 Å². The molecule has 0 unspecified atom stereocenters. The summed E-state index contributed by atoms with van der Waals surface area (Å²) < 4.78 is 8.01. The summed E-state index contributed by atoms with van der Waals surface area (Å²) in [5.41, 5.74) is 2.78. The van der Waals surface area contributed by atoms with E-state index in [1.165, 1.54) is 19.3 Å². The fourth-order valence-electron chi connectivity index (χ4n) is 3.57. The lowest BCUT2D eigenvalue weighted by atomic mass is 10.1. The molecule has 2 aromatic heterocycles. The normalized spacial score (nSPS) is 14.6. The van der Waals surface area contributed by atoms with E-state index in [0.29, 0.717) is 11.6 Å². The maximum absolute atomic E-state index is 5.86. The molecule has 0 bridgehead atoms. The van der Waals surface area contributed by atoms with Gasteiger partial charge in [0.15, 0.2) is 10.7 Å². The lowest BCUT2D eigenvalue weighted by Gasteiger charge is -2.27. The minimum atomic E-state index is 0.611. The largest absolute Gasteiger partial charge is 0.440 e. The van der Waals surface area contributed by atoms with Crippen LogP contribution in [0.4, 0.5) is 5.95 Å². The Balaban J connectivity index is 1.45. The van der Waals surface area contributed by atoms with Crippen molar-refractivity contribution in [3.05, 3.63) is 60.5 Å². The molecule has 0 saturated carbocycles. The molecule has 6 nitrogen and oxygen atoms in total. The first-order chi connectivity index (χ1) is 13.9. The van der Waals surface area contributed by atoms with Gasteiger partial charge in [-0.1, -0.05) is 42.1 Å². The fraction of sp³-hybridized carbons (Fsp3) is 0.286. The molecule has 5 rings (SSSR count). The van der Waals surface area contributed by atoms with Gasteiger partial charge in [0.05, 0.1) is 11.4 Å². The van der Waals surface area contributed by atoms with E-state index in [1.807, 2.05) is 42.5 Å². The number of piperidine rings is 1. The maximum atomic E-state index is 5.86. The van der Waals surface area contributed by atoms with Crippen LogP contribution in [-0.4, -0.2) is 32.8 Å². The highest BCUT2D eigenvalue weighted by Crippen LogP contribution is 2.30. The van der Waals surface area contributed by atoms with E-state index in [0.717, 1.165) is 41.0 Å². The number of nitrogens with zero attached hydrogens (tertiary/aromatic N) is 5. The number of anilines is 1. The molecule has 0 aliphatic carbocycles. The molecule has 0 amide bonds. The molecule has 0 radical (unpaired) electrons. The number of oxazole rings is 1. The van der Waals surface area contributed by atoms with Crippen LogP contribution in [0.3, 0.4) is 0 Å². The van der Waals surface area contributed by atoms with Crippen LogP contribution < -0.4 is 4.90 Å². The molecule has 0 atom stereocenters. The third kappa shape index (κ3) is 3.38. The van der Waals surface area contributed by atoms with Crippen LogP contribution in [0.25, 0.3) is 16.8 Å². The predicted molar refractivity (Wildman–Crippen MR) is 111 cm³/mol. The summed E-state index contributed by atoms with van der Waals surface area (Å²) in [7, 11) is 0. The zero-order valence-corrected chi connectivity index (χ0v) is 16.3. The Labute approximate surface area is 167 Å². The smallest absolute Gasteiger partial charge is 0.232 e. The van der Waals surface area contributed by atoms with Gasteiger partial charge in [0.1, 0.15) is 5.52 Å². The highest BCUT2D eigenvalue weighted by Gasteiger charge is 2.22. The SMILES string of the molecule is c1ccc(-n2c(SCc3nc4ccccc4o3)nnc2N2CCCCC2)cc1. The predicted octanol–water partition coefficient (Wildman–Crippen LogP) is 4.69. The first-order valence-electron chi connectivity index (χ1n) is 9.61. The number of aromatic nitrogens is 4. The molecule has 1 fully saturated rings. The van der Waals surface area contributed by atoms with E-state index >= 15 is 0 Å². The van der Waals surface area contributed by atoms with Crippen molar-refractivity contribution in [2.75, 3.05) is 18.0 Å². The van der Waals surface area contributed by atoms with Crippen LogP contribution in [-0.2, 0) is 5.75 Å². The molecule has 1 aliphatic heterocycles. The minimum Gasteiger partial charge on any atom is -0.440 e. The van der Waals surface area contributed by atoms with Crippen molar-refractivity contribution in [2.24, 2.45) is 0 Å². The standard InChI is InChI=1S/C21H21N5OS/c1-3-9-16(10-4-1)26-20(25-13-7-2-8-14-25)23-24-21(26)28-15-19-22-17-11-5-6-12-18(17)27-19/h1,3-6,9-12H,2,7-8,13-15H2. The molecule has 4 aromatic rings. The van der Waals surface area contributed by atoms with Gasteiger partial charge in [-0.25, -0.2) is 4.98 Å². The zero-order chi connectivity index (χ0) is 18.8. The Morgan fingerprint density at radius 1 is 0.893 bits per heavy atom.